The number of carbonyl (C=O) groups is 1. The standard InChI is InChI=1S/C13H10F2O4/c14-8-2-1-3-9(15)7(8)6-10(16)11-4-5-12(19-11)13(17)18/h1-5,10,16H,6H2,(H,17,18). The summed E-state index contributed by atoms with van der Waals surface area (Å²) in [6.07, 6.45) is -1.66. The minimum absolute atomic E-state index is 0.0555. The second kappa shape index (κ2) is 5.19. The molecule has 0 bridgehead atoms. The molecular formula is C13H10F2O4. The van der Waals surface area contributed by atoms with Gasteiger partial charge >= 0.3 is 5.97 Å². The Morgan fingerprint density at radius 3 is 2.37 bits per heavy atom. The van der Waals surface area contributed by atoms with Gasteiger partial charge in [-0.15, -0.1) is 0 Å². The fourth-order valence-corrected chi connectivity index (χ4v) is 1.67. The predicted molar refractivity (Wildman–Crippen MR) is 60.7 cm³/mol. The van der Waals surface area contributed by atoms with Crippen molar-refractivity contribution in [1.29, 1.82) is 0 Å². The molecule has 0 spiro atoms. The van der Waals surface area contributed by atoms with Crippen LogP contribution in [0.5, 0.6) is 0 Å². The van der Waals surface area contributed by atoms with Crippen LogP contribution < -0.4 is 0 Å². The van der Waals surface area contributed by atoms with Crippen LogP contribution in [-0.4, -0.2) is 16.2 Å². The normalized spacial score (nSPS) is 12.4. The van der Waals surface area contributed by atoms with Gasteiger partial charge in [0.2, 0.25) is 5.76 Å². The van der Waals surface area contributed by atoms with E-state index >= 15 is 0 Å². The molecule has 100 valence electrons. The van der Waals surface area contributed by atoms with E-state index in [4.69, 9.17) is 9.52 Å². The van der Waals surface area contributed by atoms with Crippen LogP contribution in [0.25, 0.3) is 0 Å². The zero-order chi connectivity index (χ0) is 14.0. The van der Waals surface area contributed by atoms with E-state index in [1.807, 2.05) is 0 Å². The summed E-state index contributed by atoms with van der Waals surface area (Å²) < 4.78 is 31.6. The second-order valence-electron chi connectivity index (χ2n) is 3.93. The van der Waals surface area contributed by atoms with Crippen molar-refractivity contribution < 1.29 is 28.2 Å². The smallest absolute Gasteiger partial charge is 0.371 e. The average Bonchev–Trinajstić information content (AvgIpc) is 2.83. The first kappa shape index (κ1) is 13.2. The summed E-state index contributed by atoms with van der Waals surface area (Å²) in [5.41, 5.74) is -0.275. The molecule has 0 saturated carbocycles. The summed E-state index contributed by atoms with van der Waals surface area (Å²) >= 11 is 0. The summed E-state index contributed by atoms with van der Waals surface area (Å²) in [6, 6.07) is 5.80. The minimum Gasteiger partial charge on any atom is -0.475 e. The quantitative estimate of drug-likeness (QED) is 0.893. The number of benzene rings is 1. The first-order valence-electron chi connectivity index (χ1n) is 5.43. The highest BCUT2D eigenvalue weighted by molar-refractivity contribution is 5.84. The largest absolute Gasteiger partial charge is 0.475 e. The Balaban J connectivity index is 2.20. The molecule has 2 N–H and O–H groups in total. The molecule has 1 heterocycles. The number of halogens is 2. The molecule has 1 atom stereocenters. The topological polar surface area (TPSA) is 70.7 Å². The first-order chi connectivity index (χ1) is 8.99. The Labute approximate surface area is 106 Å². The van der Waals surface area contributed by atoms with Crippen molar-refractivity contribution in [2.75, 3.05) is 0 Å². The first-order valence-corrected chi connectivity index (χ1v) is 5.43. The molecular weight excluding hydrogens is 258 g/mol. The van der Waals surface area contributed by atoms with E-state index in [0.29, 0.717) is 0 Å². The summed E-state index contributed by atoms with van der Waals surface area (Å²) in [5.74, 6) is -3.23. The molecule has 0 aliphatic carbocycles. The van der Waals surface area contributed by atoms with E-state index in [9.17, 15) is 18.7 Å². The molecule has 0 radical (unpaired) electrons. The third kappa shape index (κ3) is 2.79. The van der Waals surface area contributed by atoms with Gasteiger partial charge in [-0.25, -0.2) is 13.6 Å². The molecule has 4 nitrogen and oxygen atoms in total. The van der Waals surface area contributed by atoms with Crippen LogP contribution in [0.2, 0.25) is 0 Å². The number of furan rings is 1. The molecule has 0 amide bonds. The molecule has 1 aromatic heterocycles. The number of aliphatic hydroxyl groups excluding tert-OH is 1. The van der Waals surface area contributed by atoms with Crippen LogP contribution in [0.4, 0.5) is 8.78 Å². The molecule has 0 saturated heterocycles. The highest BCUT2D eigenvalue weighted by atomic mass is 19.1. The van der Waals surface area contributed by atoms with Crippen LogP contribution in [0.1, 0.15) is 28.0 Å². The van der Waals surface area contributed by atoms with Gasteiger partial charge in [-0.05, 0) is 24.3 Å². The maximum atomic E-state index is 13.4. The van der Waals surface area contributed by atoms with Crippen molar-refractivity contribution in [3.05, 3.63) is 59.1 Å². The van der Waals surface area contributed by atoms with Gasteiger partial charge in [-0.2, -0.15) is 0 Å². The monoisotopic (exact) mass is 268 g/mol. The van der Waals surface area contributed by atoms with E-state index in [1.54, 1.807) is 0 Å². The average molecular weight is 268 g/mol. The SMILES string of the molecule is O=C(O)c1ccc(C(O)Cc2c(F)cccc2F)o1. The molecule has 6 heteroatoms. The fraction of sp³-hybridized carbons (Fsp3) is 0.154. The van der Waals surface area contributed by atoms with Crippen molar-refractivity contribution in [2.45, 2.75) is 12.5 Å². The third-order valence-electron chi connectivity index (χ3n) is 2.63. The van der Waals surface area contributed by atoms with Crippen molar-refractivity contribution in [1.82, 2.24) is 0 Å². The number of carboxylic acids is 1. The van der Waals surface area contributed by atoms with Gasteiger partial charge in [-0.3, -0.25) is 0 Å². The Morgan fingerprint density at radius 2 is 1.84 bits per heavy atom. The van der Waals surface area contributed by atoms with E-state index in [1.165, 1.54) is 18.2 Å². The molecule has 0 aliphatic heterocycles. The minimum atomic E-state index is -1.32. The Bertz CT molecular complexity index is 586. The molecule has 0 fully saturated rings. The maximum Gasteiger partial charge on any atom is 0.371 e. The number of hydrogen-bond donors (Lipinski definition) is 2. The lowest BCUT2D eigenvalue weighted by Crippen LogP contribution is -2.05. The highest BCUT2D eigenvalue weighted by Crippen LogP contribution is 2.23. The second-order valence-corrected chi connectivity index (χ2v) is 3.93. The van der Waals surface area contributed by atoms with E-state index in [0.717, 1.165) is 12.1 Å². The van der Waals surface area contributed by atoms with Gasteiger partial charge in [0, 0.05) is 12.0 Å². The zero-order valence-corrected chi connectivity index (χ0v) is 9.64. The lowest BCUT2D eigenvalue weighted by molar-refractivity contribution is 0.0651. The highest BCUT2D eigenvalue weighted by Gasteiger charge is 2.19. The molecule has 1 aromatic carbocycles. The summed E-state index contributed by atoms with van der Waals surface area (Å²) in [6.45, 7) is 0. The third-order valence-corrected chi connectivity index (χ3v) is 2.63. The molecule has 19 heavy (non-hydrogen) atoms. The molecule has 1 unspecified atom stereocenters. The Kier molecular flexibility index (Phi) is 3.62. The van der Waals surface area contributed by atoms with Crippen LogP contribution in [0.3, 0.4) is 0 Å². The number of aliphatic hydroxyl groups is 1. The zero-order valence-electron chi connectivity index (χ0n) is 9.64. The predicted octanol–water partition coefficient (Wildman–Crippen LogP) is 2.53. The van der Waals surface area contributed by atoms with Gasteiger partial charge in [0.25, 0.3) is 0 Å². The number of carboxylic acid groups (broad SMARTS) is 1. The van der Waals surface area contributed by atoms with Crippen molar-refractivity contribution in [2.24, 2.45) is 0 Å². The summed E-state index contributed by atoms with van der Waals surface area (Å²) in [4.78, 5) is 10.6. The van der Waals surface area contributed by atoms with Crippen molar-refractivity contribution in [3.63, 3.8) is 0 Å². The Hall–Kier alpha value is -2.21. The number of hydrogen-bond acceptors (Lipinski definition) is 3. The van der Waals surface area contributed by atoms with Crippen LogP contribution in [0, 0.1) is 11.6 Å². The van der Waals surface area contributed by atoms with Crippen LogP contribution in [0.15, 0.2) is 34.7 Å². The van der Waals surface area contributed by atoms with Gasteiger partial charge < -0.3 is 14.6 Å². The van der Waals surface area contributed by atoms with Crippen molar-refractivity contribution in [3.8, 4) is 0 Å². The molecule has 2 rings (SSSR count). The summed E-state index contributed by atoms with van der Waals surface area (Å²) in [5, 5.41) is 18.5. The molecule has 0 aliphatic rings. The van der Waals surface area contributed by atoms with Crippen LogP contribution >= 0.6 is 0 Å². The van der Waals surface area contributed by atoms with Gasteiger partial charge in [0.15, 0.2) is 0 Å². The fourth-order valence-electron chi connectivity index (χ4n) is 1.67. The lowest BCUT2D eigenvalue weighted by atomic mass is 10.1. The lowest BCUT2D eigenvalue weighted by Gasteiger charge is -2.09. The maximum absolute atomic E-state index is 13.4. The summed E-state index contributed by atoms with van der Waals surface area (Å²) in [7, 11) is 0. The van der Waals surface area contributed by atoms with E-state index < -0.39 is 23.7 Å². The molecule has 2 aromatic rings. The van der Waals surface area contributed by atoms with E-state index in [2.05, 4.69) is 0 Å². The number of aromatic carboxylic acids is 1. The van der Waals surface area contributed by atoms with Crippen molar-refractivity contribution >= 4 is 5.97 Å². The Morgan fingerprint density at radius 1 is 1.21 bits per heavy atom. The van der Waals surface area contributed by atoms with Gasteiger partial charge in [0.05, 0.1) is 0 Å². The van der Waals surface area contributed by atoms with Gasteiger partial charge in [0.1, 0.15) is 23.5 Å². The van der Waals surface area contributed by atoms with E-state index in [-0.39, 0.29) is 23.5 Å². The van der Waals surface area contributed by atoms with Gasteiger partial charge in [-0.1, -0.05) is 6.07 Å². The number of rotatable bonds is 4. The van der Waals surface area contributed by atoms with Crippen LogP contribution in [-0.2, 0) is 6.42 Å².